The van der Waals surface area contributed by atoms with Crippen LogP contribution in [0, 0.1) is 6.92 Å². The van der Waals surface area contributed by atoms with Crippen molar-refractivity contribution in [3.63, 3.8) is 0 Å². The third-order valence-electron chi connectivity index (χ3n) is 2.06. The van der Waals surface area contributed by atoms with E-state index in [0.717, 1.165) is 0 Å². The smallest absolute Gasteiger partial charge is 0.252 e. The average molecular weight is 211 g/mol. The first kappa shape index (κ1) is 11.7. The number of anilines is 1. The van der Waals surface area contributed by atoms with Crippen LogP contribution in [0.1, 0.15) is 26.1 Å². The van der Waals surface area contributed by atoms with Gasteiger partial charge in [-0.25, -0.2) is 4.98 Å². The normalized spacial score (nSPS) is 11.5. The molecule has 3 N–H and O–H groups in total. The molecule has 5 heteroatoms. The molecule has 0 unspecified atom stereocenters. The number of nitrogens with zero attached hydrogens (tertiary/aromatic N) is 1. The molecule has 0 spiro atoms. The van der Waals surface area contributed by atoms with Gasteiger partial charge in [-0.3, -0.25) is 4.79 Å². The molecule has 1 heterocycles. The van der Waals surface area contributed by atoms with Crippen molar-refractivity contribution in [1.82, 2.24) is 9.97 Å². The van der Waals surface area contributed by atoms with Gasteiger partial charge >= 0.3 is 0 Å². The number of H-pyrrole nitrogens is 1. The van der Waals surface area contributed by atoms with Gasteiger partial charge in [0.1, 0.15) is 11.6 Å². The number of aliphatic hydroxyl groups excluding tert-OH is 1. The summed E-state index contributed by atoms with van der Waals surface area (Å²) in [6, 6.07) is 1.41. The molecule has 1 aromatic rings. The molecule has 84 valence electrons. The molecular formula is C10H17N3O2. The molecule has 0 saturated heterocycles. The lowest BCUT2D eigenvalue weighted by molar-refractivity contribution is 0.260. The minimum atomic E-state index is -0.276. The second-order valence-electron chi connectivity index (χ2n) is 4.20. The van der Waals surface area contributed by atoms with Gasteiger partial charge < -0.3 is 15.4 Å². The predicted molar refractivity (Wildman–Crippen MR) is 59.0 cm³/mol. The molecule has 0 fully saturated rings. The summed E-state index contributed by atoms with van der Waals surface area (Å²) >= 11 is 0. The highest BCUT2D eigenvalue weighted by molar-refractivity contribution is 5.35. The molecule has 0 saturated carbocycles. The van der Waals surface area contributed by atoms with Crippen molar-refractivity contribution in [2.45, 2.75) is 32.7 Å². The second kappa shape index (κ2) is 4.44. The summed E-state index contributed by atoms with van der Waals surface area (Å²) in [4.78, 5) is 17.9. The molecule has 0 aliphatic rings. The van der Waals surface area contributed by atoms with Crippen LogP contribution < -0.4 is 10.9 Å². The van der Waals surface area contributed by atoms with Gasteiger partial charge in [0.15, 0.2) is 0 Å². The van der Waals surface area contributed by atoms with Crippen LogP contribution >= 0.6 is 0 Å². The first-order valence-corrected chi connectivity index (χ1v) is 4.90. The van der Waals surface area contributed by atoms with Crippen LogP contribution in [-0.4, -0.2) is 27.2 Å². The SMILES string of the molecule is Cc1nc(NC(C)(C)CCO)cc(=O)[nH]1. The van der Waals surface area contributed by atoms with Crippen molar-refractivity contribution >= 4 is 5.82 Å². The molecule has 0 aromatic carbocycles. The minimum absolute atomic E-state index is 0.0994. The quantitative estimate of drug-likeness (QED) is 0.683. The van der Waals surface area contributed by atoms with Crippen LogP contribution in [0.25, 0.3) is 0 Å². The van der Waals surface area contributed by atoms with E-state index in [4.69, 9.17) is 5.11 Å². The van der Waals surface area contributed by atoms with E-state index in [2.05, 4.69) is 15.3 Å². The fourth-order valence-electron chi connectivity index (χ4n) is 1.33. The van der Waals surface area contributed by atoms with Gasteiger partial charge in [-0.2, -0.15) is 0 Å². The van der Waals surface area contributed by atoms with E-state index in [-0.39, 0.29) is 17.7 Å². The van der Waals surface area contributed by atoms with Crippen molar-refractivity contribution in [2.75, 3.05) is 11.9 Å². The first-order valence-electron chi connectivity index (χ1n) is 4.90. The molecule has 1 aromatic heterocycles. The van der Waals surface area contributed by atoms with Crippen LogP contribution in [-0.2, 0) is 0 Å². The van der Waals surface area contributed by atoms with E-state index in [0.29, 0.717) is 18.1 Å². The Balaban J connectivity index is 2.84. The summed E-state index contributed by atoms with van der Waals surface area (Å²) in [5.74, 6) is 1.11. The standard InChI is InChI=1S/C10H17N3O2/c1-7-11-8(6-9(15)12-7)13-10(2,3)4-5-14/h6,14H,4-5H2,1-3H3,(H2,11,12,13,15). The lowest BCUT2D eigenvalue weighted by Gasteiger charge is -2.25. The molecule has 0 radical (unpaired) electrons. The number of nitrogens with one attached hydrogen (secondary N) is 2. The molecule has 1 rings (SSSR count). The molecule has 0 atom stereocenters. The Hall–Kier alpha value is -1.36. The summed E-state index contributed by atoms with van der Waals surface area (Å²) < 4.78 is 0. The van der Waals surface area contributed by atoms with Gasteiger partial charge in [-0.1, -0.05) is 0 Å². The maximum atomic E-state index is 11.2. The number of hydrogen-bond acceptors (Lipinski definition) is 4. The maximum Gasteiger partial charge on any atom is 0.252 e. The molecule has 0 bridgehead atoms. The number of aromatic amines is 1. The molecule has 15 heavy (non-hydrogen) atoms. The van der Waals surface area contributed by atoms with Gasteiger partial charge in [0.05, 0.1) is 0 Å². The van der Waals surface area contributed by atoms with E-state index in [1.807, 2.05) is 13.8 Å². The maximum absolute atomic E-state index is 11.2. The number of aromatic nitrogens is 2. The van der Waals surface area contributed by atoms with Crippen molar-refractivity contribution in [2.24, 2.45) is 0 Å². The van der Waals surface area contributed by atoms with Crippen LogP contribution in [0.15, 0.2) is 10.9 Å². The second-order valence-corrected chi connectivity index (χ2v) is 4.20. The highest BCUT2D eigenvalue weighted by atomic mass is 16.3. The lowest BCUT2D eigenvalue weighted by Crippen LogP contribution is -2.33. The highest BCUT2D eigenvalue weighted by Gasteiger charge is 2.17. The summed E-state index contributed by atoms with van der Waals surface area (Å²) in [5.41, 5.74) is -0.452. The molecule has 0 amide bonds. The third kappa shape index (κ3) is 3.71. The lowest BCUT2D eigenvalue weighted by atomic mass is 10.0. The summed E-state index contributed by atoms with van der Waals surface area (Å²) in [6.07, 6.45) is 0.598. The Labute approximate surface area is 88.6 Å². The monoisotopic (exact) mass is 211 g/mol. The number of aryl methyl sites for hydroxylation is 1. The van der Waals surface area contributed by atoms with E-state index in [1.165, 1.54) is 6.07 Å². The Morgan fingerprint density at radius 3 is 2.80 bits per heavy atom. The van der Waals surface area contributed by atoms with Crippen molar-refractivity contribution in [1.29, 1.82) is 0 Å². The zero-order chi connectivity index (χ0) is 11.5. The Morgan fingerprint density at radius 2 is 2.27 bits per heavy atom. The van der Waals surface area contributed by atoms with E-state index >= 15 is 0 Å². The predicted octanol–water partition coefficient (Wildman–Crippen LogP) is 0.651. The number of rotatable bonds is 4. The van der Waals surface area contributed by atoms with Gasteiger partial charge in [0.2, 0.25) is 0 Å². The molecule has 0 aliphatic heterocycles. The Bertz CT molecular complexity index is 384. The zero-order valence-electron chi connectivity index (χ0n) is 9.29. The van der Waals surface area contributed by atoms with E-state index in [9.17, 15) is 4.79 Å². The van der Waals surface area contributed by atoms with Gasteiger partial charge in [-0.05, 0) is 27.2 Å². The van der Waals surface area contributed by atoms with Gasteiger partial charge in [0.25, 0.3) is 5.56 Å². The van der Waals surface area contributed by atoms with Crippen LogP contribution in [0.3, 0.4) is 0 Å². The van der Waals surface area contributed by atoms with Crippen LogP contribution in [0.5, 0.6) is 0 Å². The average Bonchev–Trinajstić information content (AvgIpc) is 1.99. The van der Waals surface area contributed by atoms with Crippen molar-refractivity contribution in [3.05, 3.63) is 22.2 Å². The molecule has 0 aliphatic carbocycles. The van der Waals surface area contributed by atoms with Gasteiger partial charge in [-0.15, -0.1) is 0 Å². The number of hydrogen-bond donors (Lipinski definition) is 3. The fraction of sp³-hybridized carbons (Fsp3) is 0.600. The van der Waals surface area contributed by atoms with E-state index < -0.39 is 0 Å². The Kier molecular flexibility index (Phi) is 3.47. The Morgan fingerprint density at radius 1 is 1.60 bits per heavy atom. The first-order chi connectivity index (χ1) is 6.93. The highest BCUT2D eigenvalue weighted by Crippen LogP contribution is 2.14. The topological polar surface area (TPSA) is 78.0 Å². The van der Waals surface area contributed by atoms with Crippen LogP contribution in [0.2, 0.25) is 0 Å². The van der Waals surface area contributed by atoms with Crippen LogP contribution in [0.4, 0.5) is 5.82 Å². The van der Waals surface area contributed by atoms with Crippen molar-refractivity contribution < 1.29 is 5.11 Å². The summed E-state index contributed by atoms with van der Waals surface area (Å²) in [7, 11) is 0. The zero-order valence-corrected chi connectivity index (χ0v) is 9.29. The molecular weight excluding hydrogens is 194 g/mol. The molecule has 5 nitrogen and oxygen atoms in total. The number of aliphatic hydroxyl groups is 1. The third-order valence-corrected chi connectivity index (χ3v) is 2.06. The van der Waals surface area contributed by atoms with Gasteiger partial charge in [0, 0.05) is 18.2 Å². The fourth-order valence-corrected chi connectivity index (χ4v) is 1.33. The largest absolute Gasteiger partial charge is 0.396 e. The van der Waals surface area contributed by atoms with E-state index in [1.54, 1.807) is 6.92 Å². The summed E-state index contributed by atoms with van der Waals surface area (Å²) in [5, 5.41) is 12.0. The minimum Gasteiger partial charge on any atom is -0.396 e. The van der Waals surface area contributed by atoms with Crippen molar-refractivity contribution in [3.8, 4) is 0 Å². The summed E-state index contributed by atoms with van der Waals surface area (Å²) in [6.45, 7) is 5.72.